The molecule has 1 atom stereocenters. The highest BCUT2D eigenvalue weighted by molar-refractivity contribution is 5.87. The highest BCUT2D eigenvalue weighted by Crippen LogP contribution is 2.13. The molecule has 0 spiro atoms. The third kappa shape index (κ3) is 2.17. The smallest absolute Gasteiger partial charge is 0.157 e. The summed E-state index contributed by atoms with van der Waals surface area (Å²) in [5, 5.41) is 20.6. The quantitative estimate of drug-likeness (QED) is 0.288. The number of quaternary nitrogens is 1. The van der Waals surface area contributed by atoms with Crippen molar-refractivity contribution >= 4 is 5.71 Å². The Hall–Kier alpha value is -0.610. The van der Waals surface area contributed by atoms with E-state index in [1.165, 1.54) is 6.42 Å². The molecule has 11 heavy (non-hydrogen) atoms. The van der Waals surface area contributed by atoms with Gasteiger partial charge >= 0.3 is 0 Å². The molecule has 1 aliphatic rings. The number of nitrogens with zero attached hydrogens (tertiary/aromatic N) is 1. The summed E-state index contributed by atoms with van der Waals surface area (Å²) in [7, 11) is 0. The molecule has 4 nitrogen and oxygen atoms in total. The molecule has 4 N–H and O–H groups in total. The van der Waals surface area contributed by atoms with Gasteiger partial charge < -0.3 is 5.21 Å². The first-order valence-electron chi connectivity index (χ1n) is 4.07. The monoisotopic (exact) mass is 159 g/mol. The number of hydrogen-bond acceptors (Lipinski definition) is 3. The molecule has 0 aromatic rings. The van der Waals surface area contributed by atoms with Crippen LogP contribution in [0.4, 0.5) is 0 Å². The van der Waals surface area contributed by atoms with E-state index in [1.54, 1.807) is 0 Å². The summed E-state index contributed by atoms with van der Waals surface area (Å²) >= 11 is 0. The van der Waals surface area contributed by atoms with E-state index in [4.69, 9.17) is 10.4 Å². The zero-order valence-electron chi connectivity index (χ0n) is 6.53. The summed E-state index contributed by atoms with van der Waals surface area (Å²) in [6, 6.07) is -0.0116. The topological polar surface area (TPSA) is 69.4 Å². The van der Waals surface area contributed by atoms with Crippen LogP contribution in [0.5, 0.6) is 0 Å². The standard InChI is InChI=1S/C7H14N2O2/c10-8-6-4-2-1-3-5-7(6)9-11/h6,8,10-11H,1-5H2/p+1/b9-7-. The number of nitrogens with two attached hydrogens (primary N) is 1. The van der Waals surface area contributed by atoms with Gasteiger partial charge in [0, 0.05) is 6.42 Å². The average molecular weight is 159 g/mol. The van der Waals surface area contributed by atoms with Crippen LogP contribution in [-0.2, 0) is 0 Å². The van der Waals surface area contributed by atoms with Crippen molar-refractivity contribution < 1.29 is 15.9 Å². The predicted molar refractivity (Wildman–Crippen MR) is 39.8 cm³/mol. The lowest BCUT2D eigenvalue weighted by atomic mass is 10.1. The molecule has 0 radical (unpaired) electrons. The first-order chi connectivity index (χ1) is 5.38. The molecule has 0 aromatic heterocycles. The Kier molecular flexibility index (Phi) is 3.32. The van der Waals surface area contributed by atoms with Gasteiger partial charge in [0.15, 0.2) is 6.04 Å². The minimum atomic E-state index is -0.0116. The molecule has 64 valence electrons. The fourth-order valence-corrected chi connectivity index (χ4v) is 1.48. The Labute approximate surface area is 65.9 Å². The van der Waals surface area contributed by atoms with Gasteiger partial charge in [0.25, 0.3) is 0 Å². The van der Waals surface area contributed by atoms with E-state index >= 15 is 0 Å². The van der Waals surface area contributed by atoms with E-state index < -0.39 is 0 Å². The normalized spacial score (nSPS) is 30.3. The Morgan fingerprint density at radius 2 is 2.18 bits per heavy atom. The van der Waals surface area contributed by atoms with Crippen LogP contribution in [-0.4, -0.2) is 22.2 Å². The molecule has 0 aliphatic heterocycles. The van der Waals surface area contributed by atoms with Crippen molar-refractivity contribution in [2.75, 3.05) is 0 Å². The van der Waals surface area contributed by atoms with E-state index in [0.717, 1.165) is 36.9 Å². The molecule has 0 aromatic carbocycles. The van der Waals surface area contributed by atoms with Gasteiger partial charge in [-0.1, -0.05) is 11.6 Å². The third-order valence-electron chi connectivity index (χ3n) is 2.18. The molecule has 0 saturated heterocycles. The fraction of sp³-hybridized carbons (Fsp3) is 0.857. The third-order valence-corrected chi connectivity index (χ3v) is 2.18. The van der Waals surface area contributed by atoms with Crippen molar-refractivity contribution in [3.8, 4) is 0 Å². The van der Waals surface area contributed by atoms with Crippen LogP contribution < -0.4 is 5.48 Å². The lowest BCUT2D eigenvalue weighted by Crippen LogP contribution is -2.88. The Bertz CT molecular complexity index is 147. The summed E-state index contributed by atoms with van der Waals surface area (Å²) in [5.74, 6) is 0. The zero-order valence-corrected chi connectivity index (χ0v) is 6.53. The highest BCUT2D eigenvalue weighted by Gasteiger charge is 2.21. The van der Waals surface area contributed by atoms with Crippen LogP contribution in [0.3, 0.4) is 0 Å². The zero-order chi connectivity index (χ0) is 8.10. The second kappa shape index (κ2) is 4.31. The molecule has 0 bridgehead atoms. The van der Waals surface area contributed by atoms with Crippen LogP contribution in [0.1, 0.15) is 32.1 Å². The number of hydrogen-bond donors (Lipinski definition) is 3. The summed E-state index contributed by atoms with van der Waals surface area (Å²) in [5.41, 5.74) is 1.87. The van der Waals surface area contributed by atoms with Gasteiger partial charge in [0.05, 0.1) is 0 Å². The fourth-order valence-electron chi connectivity index (χ4n) is 1.48. The van der Waals surface area contributed by atoms with E-state index in [9.17, 15) is 0 Å². The van der Waals surface area contributed by atoms with Gasteiger partial charge in [-0.25, -0.2) is 5.21 Å². The van der Waals surface area contributed by atoms with E-state index in [2.05, 4.69) is 5.16 Å². The number of hydroxylamine groups is 1. The summed E-state index contributed by atoms with van der Waals surface area (Å²) in [6.45, 7) is 0. The predicted octanol–water partition coefficient (Wildman–Crippen LogP) is 0.102. The Morgan fingerprint density at radius 3 is 2.82 bits per heavy atom. The lowest BCUT2D eigenvalue weighted by Gasteiger charge is -2.07. The van der Waals surface area contributed by atoms with Crippen LogP contribution >= 0.6 is 0 Å². The molecule has 1 fully saturated rings. The van der Waals surface area contributed by atoms with Crippen molar-refractivity contribution in [1.29, 1.82) is 0 Å². The molecule has 1 unspecified atom stereocenters. The van der Waals surface area contributed by atoms with Gasteiger partial charge in [0.2, 0.25) is 0 Å². The minimum absolute atomic E-state index is 0.0116. The molecule has 0 amide bonds. The van der Waals surface area contributed by atoms with Gasteiger partial charge in [-0.3, -0.25) is 0 Å². The maximum absolute atomic E-state index is 8.80. The summed E-state index contributed by atoms with van der Waals surface area (Å²) < 4.78 is 0. The molecule has 4 heteroatoms. The van der Waals surface area contributed by atoms with E-state index in [-0.39, 0.29) is 6.04 Å². The van der Waals surface area contributed by atoms with Crippen molar-refractivity contribution in [2.45, 2.75) is 38.1 Å². The molecule has 1 rings (SSSR count). The van der Waals surface area contributed by atoms with Gasteiger partial charge in [0.1, 0.15) is 5.71 Å². The second-order valence-corrected chi connectivity index (χ2v) is 2.95. The largest absolute Gasteiger partial charge is 0.411 e. The molecular formula is C7H15N2O2+. The molecule has 1 saturated carbocycles. The first kappa shape index (κ1) is 8.49. The van der Waals surface area contributed by atoms with Crippen molar-refractivity contribution in [3.63, 3.8) is 0 Å². The lowest BCUT2D eigenvalue weighted by molar-refractivity contribution is -0.900. The highest BCUT2D eigenvalue weighted by atomic mass is 16.5. The van der Waals surface area contributed by atoms with E-state index in [1.807, 2.05) is 0 Å². The van der Waals surface area contributed by atoms with Crippen LogP contribution in [0, 0.1) is 0 Å². The minimum Gasteiger partial charge on any atom is -0.411 e. The SMILES string of the molecule is O/N=C1/CCCCCC1[NH2+]O. The maximum atomic E-state index is 8.80. The van der Waals surface area contributed by atoms with Crippen LogP contribution in [0.15, 0.2) is 5.16 Å². The van der Waals surface area contributed by atoms with Crippen molar-refractivity contribution in [1.82, 2.24) is 0 Å². The Balaban J connectivity index is 2.55. The number of rotatable bonds is 1. The van der Waals surface area contributed by atoms with Gasteiger partial charge in [-0.15, -0.1) is 0 Å². The van der Waals surface area contributed by atoms with Gasteiger partial charge in [-0.05, 0) is 19.3 Å². The second-order valence-electron chi connectivity index (χ2n) is 2.95. The van der Waals surface area contributed by atoms with Gasteiger partial charge in [-0.2, -0.15) is 5.48 Å². The summed E-state index contributed by atoms with van der Waals surface area (Å²) in [6.07, 6.45) is 5.09. The summed E-state index contributed by atoms with van der Waals surface area (Å²) in [4.78, 5) is 0. The van der Waals surface area contributed by atoms with Crippen LogP contribution in [0.25, 0.3) is 0 Å². The maximum Gasteiger partial charge on any atom is 0.157 e. The molecule has 1 aliphatic carbocycles. The van der Waals surface area contributed by atoms with Crippen molar-refractivity contribution in [3.05, 3.63) is 0 Å². The van der Waals surface area contributed by atoms with Crippen LogP contribution in [0.2, 0.25) is 0 Å². The first-order valence-corrected chi connectivity index (χ1v) is 4.07. The number of oxime groups is 1. The molecular weight excluding hydrogens is 144 g/mol. The molecule has 0 heterocycles. The van der Waals surface area contributed by atoms with Crippen molar-refractivity contribution in [2.24, 2.45) is 5.16 Å². The average Bonchev–Trinajstić information content (AvgIpc) is 2.27. The Morgan fingerprint density at radius 1 is 1.36 bits per heavy atom. The van der Waals surface area contributed by atoms with E-state index in [0.29, 0.717) is 0 Å².